The van der Waals surface area contributed by atoms with Gasteiger partial charge in [0.1, 0.15) is 0 Å². The number of rotatable bonds is 7. The Labute approximate surface area is 206 Å². The summed E-state index contributed by atoms with van der Waals surface area (Å²) in [5.74, 6) is -1.42. The molecule has 0 aliphatic rings. The lowest BCUT2D eigenvalue weighted by Crippen LogP contribution is -2.40. The van der Waals surface area contributed by atoms with Crippen molar-refractivity contribution in [3.8, 4) is 0 Å². The normalized spacial score (nSPS) is 11.3. The van der Waals surface area contributed by atoms with Gasteiger partial charge in [-0.2, -0.15) is 0 Å². The van der Waals surface area contributed by atoms with Crippen LogP contribution in [0, 0.1) is 0 Å². The maximum absolute atomic E-state index is 13.2. The molecule has 5 rings (SSSR count). The van der Waals surface area contributed by atoms with Crippen LogP contribution in [0.15, 0.2) is 115 Å². The molecule has 0 atom stereocenters. The molecule has 6 heteroatoms. The number of carbonyl (C=O) groups is 2. The number of amides is 1. The van der Waals surface area contributed by atoms with Gasteiger partial charge in [-0.15, -0.1) is 11.3 Å². The molecule has 35 heavy (non-hydrogen) atoms. The van der Waals surface area contributed by atoms with Gasteiger partial charge in [0.2, 0.25) is 0 Å². The summed E-state index contributed by atoms with van der Waals surface area (Å²) >= 11 is 1.28. The van der Waals surface area contributed by atoms with Crippen molar-refractivity contribution in [1.82, 2.24) is 5.48 Å². The van der Waals surface area contributed by atoms with E-state index in [2.05, 4.69) is 5.48 Å². The van der Waals surface area contributed by atoms with Crippen LogP contribution in [-0.4, -0.2) is 17.0 Å². The molecule has 0 spiro atoms. The van der Waals surface area contributed by atoms with Crippen LogP contribution in [0.25, 0.3) is 10.1 Å². The summed E-state index contributed by atoms with van der Waals surface area (Å²) in [6, 6.07) is 35.7. The molecular weight excluding hydrogens is 458 g/mol. The fraction of sp³-hybridized carbons (Fsp3) is 0.0345. The zero-order chi connectivity index (χ0) is 24.3. The van der Waals surface area contributed by atoms with Gasteiger partial charge in [-0.3, -0.25) is 9.63 Å². The third-order valence-electron chi connectivity index (χ3n) is 5.82. The van der Waals surface area contributed by atoms with E-state index in [4.69, 9.17) is 4.84 Å². The van der Waals surface area contributed by atoms with Gasteiger partial charge in [-0.1, -0.05) is 91.0 Å². The predicted molar refractivity (Wildman–Crippen MR) is 137 cm³/mol. The first kappa shape index (κ1) is 22.5. The number of thiophene rings is 1. The fourth-order valence-corrected chi connectivity index (χ4v) is 5.09. The average Bonchev–Trinajstić information content (AvgIpc) is 3.34. The van der Waals surface area contributed by atoms with E-state index in [0.29, 0.717) is 10.3 Å². The SMILES string of the molecule is O=C(O)c1ccc2sc(C(=O)NOC(c3ccccc3)(c3ccccc3)c3ccccc3)cc2c1. The molecule has 0 saturated heterocycles. The number of hydrogen-bond acceptors (Lipinski definition) is 4. The lowest BCUT2D eigenvalue weighted by Gasteiger charge is -2.34. The van der Waals surface area contributed by atoms with Crippen molar-refractivity contribution in [2.45, 2.75) is 5.60 Å². The number of nitrogens with one attached hydrogen (secondary N) is 1. The molecule has 1 amide bonds. The Balaban J connectivity index is 1.55. The average molecular weight is 480 g/mol. The Morgan fingerprint density at radius 2 is 1.23 bits per heavy atom. The highest BCUT2D eigenvalue weighted by Gasteiger charge is 2.39. The second-order valence-corrected chi connectivity index (χ2v) is 9.06. The maximum atomic E-state index is 13.2. The second-order valence-electron chi connectivity index (χ2n) is 7.98. The van der Waals surface area contributed by atoms with Gasteiger partial charge in [-0.05, 0) is 46.3 Å². The van der Waals surface area contributed by atoms with Crippen LogP contribution in [0.2, 0.25) is 0 Å². The van der Waals surface area contributed by atoms with E-state index in [9.17, 15) is 14.7 Å². The summed E-state index contributed by atoms with van der Waals surface area (Å²) in [6.45, 7) is 0. The molecule has 1 aromatic heterocycles. The van der Waals surface area contributed by atoms with Gasteiger partial charge >= 0.3 is 5.97 Å². The van der Waals surface area contributed by atoms with E-state index in [1.807, 2.05) is 91.0 Å². The molecule has 2 N–H and O–H groups in total. The standard InChI is InChI=1S/C29H21NO4S/c31-27(26-19-21-18-20(28(32)33)16-17-25(21)35-26)30-34-29(22-10-4-1-5-11-22,23-12-6-2-7-13-23)24-14-8-3-9-15-24/h1-19H,(H,30,31)(H,32,33). The van der Waals surface area contributed by atoms with Crippen LogP contribution in [0.4, 0.5) is 0 Å². The molecule has 0 fully saturated rings. The number of carbonyl (C=O) groups excluding carboxylic acids is 1. The quantitative estimate of drug-likeness (QED) is 0.214. The minimum atomic E-state index is -1.09. The molecule has 0 unspecified atom stereocenters. The zero-order valence-corrected chi connectivity index (χ0v) is 19.4. The Hall–Kier alpha value is -4.26. The van der Waals surface area contributed by atoms with Crippen LogP contribution in [0.1, 0.15) is 36.7 Å². The van der Waals surface area contributed by atoms with E-state index in [0.717, 1.165) is 21.4 Å². The largest absolute Gasteiger partial charge is 0.478 e. The fourth-order valence-electron chi connectivity index (χ4n) is 4.16. The summed E-state index contributed by atoms with van der Waals surface area (Å²) in [4.78, 5) is 31.3. The lowest BCUT2D eigenvalue weighted by atomic mass is 9.80. The Morgan fingerprint density at radius 1 is 0.714 bits per heavy atom. The Bertz CT molecular complexity index is 1380. The molecule has 172 valence electrons. The van der Waals surface area contributed by atoms with Gasteiger partial charge in [-0.25, -0.2) is 10.3 Å². The molecular formula is C29H21NO4S. The highest BCUT2D eigenvalue weighted by molar-refractivity contribution is 7.20. The van der Waals surface area contributed by atoms with E-state index in [1.165, 1.54) is 17.4 Å². The van der Waals surface area contributed by atoms with Crippen LogP contribution in [-0.2, 0) is 10.4 Å². The third kappa shape index (κ3) is 4.33. The number of carboxylic acid groups (broad SMARTS) is 1. The Morgan fingerprint density at radius 3 is 1.71 bits per heavy atom. The minimum absolute atomic E-state index is 0.176. The summed E-state index contributed by atoms with van der Waals surface area (Å²) in [6.07, 6.45) is 0. The minimum Gasteiger partial charge on any atom is -0.478 e. The van der Waals surface area contributed by atoms with Gasteiger partial charge in [0.15, 0.2) is 5.60 Å². The molecule has 1 heterocycles. The van der Waals surface area contributed by atoms with E-state index >= 15 is 0 Å². The summed E-state index contributed by atoms with van der Waals surface area (Å²) in [7, 11) is 0. The topological polar surface area (TPSA) is 75.6 Å². The van der Waals surface area contributed by atoms with Crippen molar-refractivity contribution in [2.24, 2.45) is 0 Å². The predicted octanol–water partition coefficient (Wildman–Crippen LogP) is 6.25. The number of aromatic carboxylic acids is 1. The molecule has 0 aliphatic carbocycles. The molecule has 0 saturated carbocycles. The second kappa shape index (κ2) is 9.54. The third-order valence-corrected chi connectivity index (χ3v) is 6.94. The van der Waals surface area contributed by atoms with Gasteiger partial charge < -0.3 is 5.11 Å². The van der Waals surface area contributed by atoms with Crippen molar-refractivity contribution >= 4 is 33.3 Å². The van der Waals surface area contributed by atoms with E-state index in [1.54, 1.807) is 18.2 Å². The van der Waals surface area contributed by atoms with Crippen LogP contribution in [0.3, 0.4) is 0 Å². The summed E-state index contributed by atoms with van der Waals surface area (Å²) in [5.41, 5.74) is 4.36. The first-order chi connectivity index (χ1) is 17.1. The highest BCUT2D eigenvalue weighted by Crippen LogP contribution is 2.40. The Kier molecular flexibility index (Phi) is 6.14. The monoisotopic (exact) mass is 479 g/mol. The van der Waals surface area contributed by atoms with Crippen LogP contribution in [0.5, 0.6) is 0 Å². The first-order valence-electron chi connectivity index (χ1n) is 11.0. The van der Waals surface area contributed by atoms with Crippen molar-refractivity contribution in [3.63, 3.8) is 0 Å². The van der Waals surface area contributed by atoms with Gasteiger partial charge in [0.25, 0.3) is 5.91 Å². The molecule has 4 aromatic carbocycles. The van der Waals surface area contributed by atoms with Crippen molar-refractivity contribution < 1.29 is 19.5 Å². The van der Waals surface area contributed by atoms with E-state index in [-0.39, 0.29) is 5.56 Å². The number of carboxylic acids is 1. The van der Waals surface area contributed by atoms with Crippen molar-refractivity contribution in [2.75, 3.05) is 0 Å². The molecule has 0 aliphatic heterocycles. The lowest BCUT2D eigenvalue weighted by molar-refractivity contribution is -0.0472. The maximum Gasteiger partial charge on any atom is 0.335 e. The molecule has 5 nitrogen and oxygen atoms in total. The number of fused-ring (bicyclic) bond motifs is 1. The van der Waals surface area contributed by atoms with Crippen LogP contribution >= 0.6 is 11.3 Å². The molecule has 0 bridgehead atoms. The van der Waals surface area contributed by atoms with Crippen molar-refractivity contribution in [1.29, 1.82) is 0 Å². The highest BCUT2D eigenvalue weighted by atomic mass is 32.1. The van der Waals surface area contributed by atoms with Crippen molar-refractivity contribution in [3.05, 3.63) is 142 Å². The molecule has 0 radical (unpaired) electrons. The number of hydrogen-bond donors (Lipinski definition) is 2. The van der Waals surface area contributed by atoms with Crippen LogP contribution < -0.4 is 5.48 Å². The van der Waals surface area contributed by atoms with Gasteiger partial charge in [0, 0.05) is 4.70 Å². The summed E-state index contributed by atoms with van der Waals surface area (Å²) < 4.78 is 0.820. The molecule has 5 aromatic rings. The summed E-state index contributed by atoms with van der Waals surface area (Å²) in [5, 5.41) is 9.96. The first-order valence-corrected chi connectivity index (χ1v) is 11.8. The number of hydroxylamine groups is 1. The van der Waals surface area contributed by atoms with Gasteiger partial charge in [0.05, 0.1) is 10.4 Å². The number of benzene rings is 4. The smallest absolute Gasteiger partial charge is 0.335 e. The zero-order valence-electron chi connectivity index (χ0n) is 18.5. The van der Waals surface area contributed by atoms with E-state index < -0.39 is 17.5 Å².